The molecular weight excluding hydrogens is 273 g/mol. The third kappa shape index (κ3) is 3.60. The summed E-state index contributed by atoms with van der Waals surface area (Å²) in [6, 6.07) is 4.10. The Morgan fingerprint density at radius 3 is 2.76 bits per heavy atom. The molecule has 1 aromatic carbocycles. The molecule has 0 N–H and O–H groups in total. The number of hydrogen-bond donors (Lipinski definition) is 0. The molecule has 1 aliphatic rings. The van der Waals surface area contributed by atoms with E-state index in [1.54, 1.807) is 11.0 Å². The van der Waals surface area contributed by atoms with Gasteiger partial charge in [-0.3, -0.25) is 9.59 Å². The molecule has 0 radical (unpaired) electrons. The zero-order chi connectivity index (χ0) is 15.4. The van der Waals surface area contributed by atoms with Crippen LogP contribution in [0.3, 0.4) is 0 Å². The summed E-state index contributed by atoms with van der Waals surface area (Å²) in [5.74, 6) is -0.509. The van der Waals surface area contributed by atoms with Crippen LogP contribution in [0.1, 0.15) is 43.0 Å². The average molecular weight is 293 g/mol. The second kappa shape index (κ2) is 6.70. The first-order valence-electron chi connectivity index (χ1n) is 7.17. The molecule has 0 spiro atoms. The minimum absolute atomic E-state index is 0.0336. The van der Waals surface area contributed by atoms with Gasteiger partial charge in [0.1, 0.15) is 17.3 Å². The van der Waals surface area contributed by atoms with Gasteiger partial charge in [-0.2, -0.15) is 0 Å². The summed E-state index contributed by atoms with van der Waals surface area (Å²) in [4.78, 5) is 25.5. The lowest BCUT2D eigenvalue weighted by molar-refractivity contribution is -0.118. The van der Waals surface area contributed by atoms with Crippen LogP contribution in [0.4, 0.5) is 4.39 Å². The van der Waals surface area contributed by atoms with Gasteiger partial charge in [0.15, 0.2) is 0 Å². The molecule has 1 heterocycles. The fraction of sp³-hybridized carbons (Fsp3) is 0.500. The van der Waals surface area contributed by atoms with Gasteiger partial charge in [0, 0.05) is 25.1 Å². The number of methoxy groups -OCH3 is 1. The summed E-state index contributed by atoms with van der Waals surface area (Å²) in [6.45, 7) is 2.09. The van der Waals surface area contributed by atoms with Gasteiger partial charge in [-0.25, -0.2) is 4.39 Å². The molecule has 5 heteroatoms. The van der Waals surface area contributed by atoms with Crippen molar-refractivity contribution in [1.29, 1.82) is 0 Å². The maximum absolute atomic E-state index is 14.0. The van der Waals surface area contributed by atoms with Crippen LogP contribution < -0.4 is 4.74 Å². The van der Waals surface area contributed by atoms with E-state index in [1.165, 1.54) is 26.2 Å². The first kappa shape index (κ1) is 15.5. The largest absolute Gasteiger partial charge is 0.497 e. The Morgan fingerprint density at radius 2 is 2.14 bits per heavy atom. The fourth-order valence-corrected chi connectivity index (χ4v) is 2.76. The van der Waals surface area contributed by atoms with Crippen molar-refractivity contribution in [1.82, 2.24) is 4.90 Å². The van der Waals surface area contributed by atoms with Gasteiger partial charge in [-0.05, 0) is 38.3 Å². The second-order valence-corrected chi connectivity index (χ2v) is 5.40. The van der Waals surface area contributed by atoms with E-state index in [4.69, 9.17) is 4.74 Å². The van der Waals surface area contributed by atoms with E-state index in [1.807, 2.05) is 0 Å². The lowest BCUT2D eigenvalue weighted by atomic mass is 9.96. The first-order valence-corrected chi connectivity index (χ1v) is 7.17. The third-order valence-corrected chi connectivity index (χ3v) is 3.82. The molecule has 1 aromatic rings. The maximum atomic E-state index is 14.0. The molecule has 4 nitrogen and oxygen atoms in total. The van der Waals surface area contributed by atoms with Gasteiger partial charge in [0.05, 0.1) is 12.7 Å². The number of halogens is 1. The number of rotatable bonds is 4. The van der Waals surface area contributed by atoms with E-state index in [0.29, 0.717) is 18.7 Å². The zero-order valence-electron chi connectivity index (χ0n) is 12.4. The highest BCUT2D eigenvalue weighted by atomic mass is 19.1. The number of carbonyl (C=O) groups is 2. The number of ketones is 1. The van der Waals surface area contributed by atoms with E-state index in [-0.39, 0.29) is 23.3 Å². The number of hydrogen-bond acceptors (Lipinski definition) is 3. The second-order valence-electron chi connectivity index (χ2n) is 5.40. The van der Waals surface area contributed by atoms with E-state index in [9.17, 15) is 14.0 Å². The topological polar surface area (TPSA) is 46.6 Å². The molecule has 1 unspecified atom stereocenters. The summed E-state index contributed by atoms with van der Waals surface area (Å²) in [5, 5.41) is 0. The Balaban J connectivity index is 2.22. The minimum Gasteiger partial charge on any atom is -0.497 e. The molecule has 0 aromatic heterocycles. The van der Waals surface area contributed by atoms with Crippen LogP contribution >= 0.6 is 0 Å². The summed E-state index contributed by atoms with van der Waals surface area (Å²) in [7, 11) is 1.45. The Labute approximate surface area is 123 Å². The normalized spacial score (nSPS) is 18.4. The standard InChI is InChI=1S/C16H20FNO3/c1-11(19)9-12-5-3-4-8-18(12)16(20)14-7-6-13(21-2)10-15(14)17/h6-7,10,12H,3-5,8-9H2,1-2H3. The summed E-state index contributed by atoms with van der Waals surface area (Å²) >= 11 is 0. The molecule has 1 fully saturated rings. The van der Waals surface area contributed by atoms with Crippen molar-refractivity contribution in [2.24, 2.45) is 0 Å². The van der Waals surface area contributed by atoms with Crippen LogP contribution in [0.15, 0.2) is 18.2 Å². The Hall–Kier alpha value is -1.91. The fourth-order valence-electron chi connectivity index (χ4n) is 2.76. The smallest absolute Gasteiger partial charge is 0.257 e. The van der Waals surface area contributed by atoms with E-state index < -0.39 is 5.82 Å². The Bertz CT molecular complexity index is 544. The molecule has 1 amide bonds. The zero-order valence-corrected chi connectivity index (χ0v) is 12.4. The highest BCUT2D eigenvalue weighted by Crippen LogP contribution is 2.24. The summed E-state index contributed by atoms with van der Waals surface area (Å²) in [5.41, 5.74) is 0.0336. The molecule has 114 valence electrons. The highest BCUT2D eigenvalue weighted by Gasteiger charge is 2.29. The number of carbonyl (C=O) groups excluding carboxylic acids is 2. The van der Waals surface area contributed by atoms with Gasteiger partial charge in [0.2, 0.25) is 0 Å². The number of piperidine rings is 1. The molecular formula is C16H20FNO3. The predicted octanol–water partition coefficient (Wildman–Crippen LogP) is 2.81. The van der Waals surface area contributed by atoms with Crippen LogP contribution in [0.5, 0.6) is 5.75 Å². The van der Waals surface area contributed by atoms with Gasteiger partial charge < -0.3 is 9.64 Å². The lowest BCUT2D eigenvalue weighted by Gasteiger charge is -2.35. The van der Waals surface area contributed by atoms with Crippen molar-refractivity contribution in [3.63, 3.8) is 0 Å². The number of nitrogens with zero attached hydrogens (tertiary/aromatic N) is 1. The molecule has 1 atom stereocenters. The van der Waals surface area contributed by atoms with Gasteiger partial charge in [0.25, 0.3) is 5.91 Å². The van der Waals surface area contributed by atoms with Crippen molar-refractivity contribution < 1.29 is 18.7 Å². The van der Waals surface area contributed by atoms with Crippen molar-refractivity contribution in [2.75, 3.05) is 13.7 Å². The average Bonchev–Trinajstić information content (AvgIpc) is 2.46. The summed E-state index contributed by atoms with van der Waals surface area (Å²) < 4.78 is 19.0. The van der Waals surface area contributed by atoms with E-state index in [0.717, 1.165) is 19.3 Å². The number of amides is 1. The van der Waals surface area contributed by atoms with E-state index in [2.05, 4.69) is 0 Å². The van der Waals surface area contributed by atoms with E-state index >= 15 is 0 Å². The minimum atomic E-state index is -0.591. The monoisotopic (exact) mass is 293 g/mol. The molecule has 0 saturated carbocycles. The number of likely N-dealkylation sites (tertiary alicyclic amines) is 1. The number of Topliss-reactive ketones (excluding diaryl/α,β-unsaturated/α-hetero) is 1. The lowest BCUT2D eigenvalue weighted by Crippen LogP contribution is -2.44. The first-order chi connectivity index (χ1) is 10.0. The molecule has 21 heavy (non-hydrogen) atoms. The summed E-state index contributed by atoms with van der Waals surface area (Å²) in [6.07, 6.45) is 3.01. The van der Waals surface area contributed by atoms with Crippen molar-refractivity contribution in [3.05, 3.63) is 29.6 Å². The van der Waals surface area contributed by atoms with Crippen LogP contribution in [0, 0.1) is 5.82 Å². The van der Waals surface area contributed by atoms with Crippen LogP contribution in [0.25, 0.3) is 0 Å². The van der Waals surface area contributed by atoms with Crippen molar-refractivity contribution in [2.45, 2.75) is 38.6 Å². The third-order valence-electron chi connectivity index (χ3n) is 3.82. The quantitative estimate of drug-likeness (QED) is 0.857. The molecule has 2 rings (SSSR count). The SMILES string of the molecule is COc1ccc(C(=O)N2CCCCC2CC(C)=O)c(F)c1. The van der Waals surface area contributed by atoms with Crippen molar-refractivity contribution in [3.8, 4) is 5.75 Å². The number of ether oxygens (including phenoxy) is 1. The van der Waals surface area contributed by atoms with Crippen molar-refractivity contribution >= 4 is 11.7 Å². The predicted molar refractivity (Wildman–Crippen MR) is 76.9 cm³/mol. The highest BCUT2D eigenvalue weighted by molar-refractivity contribution is 5.95. The number of benzene rings is 1. The maximum Gasteiger partial charge on any atom is 0.257 e. The Morgan fingerprint density at radius 1 is 1.38 bits per heavy atom. The molecule has 0 bridgehead atoms. The molecule has 0 aliphatic carbocycles. The Kier molecular flexibility index (Phi) is 4.94. The van der Waals surface area contributed by atoms with Gasteiger partial charge >= 0.3 is 0 Å². The van der Waals surface area contributed by atoms with Gasteiger partial charge in [-0.15, -0.1) is 0 Å². The molecule has 1 aliphatic heterocycles. The van der Waals surface area contributed by atoms with Crippen LogP contribution in [0.2, 0.25) is 0 Å². The molecule has 1 saturated heterocycles. The van der Waals surface area contributed by atoms with Gasteiger partial charge in [-0.1, -0.05) is 0 Å². The van der Waals surface area contributed by atoms with Crippen LogP contribution in [-0.2, 0) is 4.79 Å². The van der Waals surface area contributed by atoms with Crippen LogP contribution in [-0.4, -0.2) is 36.3 Å².